The third kappa shape index (κ3) is 4.64. The van der Waals surface area contributed by atoms with Crippen LogP contribution in [0.25, 0.3) is 0 Å². The molecule has 2 N–H and O–H groups in total. The summed E-state index contributed by atoms with van der Waals surface area (Å²) in [6, 6.07) is 5.92. The summed E-state index contributed by atoms with van der Waals surface area (Å²) in [5, 5.41) is 5.38. The Bertz CT molecular complexity index is 863. The summed E-state index contributed by atoms with van der Waals surface area (Å²) in [4.78, 5) is 26.7. The van der Waals surface area contributed by atoms with Crippen LogP contribution in [-0.2, 0) is 16.0 Å². The summed E-state index contributed by atoms with van der Waals surface area (Å²) in [5.41, 5.74) is 1.64. The van der Waals surface area contributed by atoms with Gasteiger partial charge in [0.2, 0.25) is 11.8 Å². The second-order valence-corrected chi connectivity index (χ2v) is 9.19. The van der Waals surface area contributed by atoms with Crippen LogP contribution in [-0.4, -0.2) is 29.4 Å². The molecule has 0 radical (unpaired) electrons. The molecular formula is C23H31F3N2O3S. The maximum atomic E-state index is 13.2. The minimum atomic E-state index is -4.39. The number of hydrogen-bond acceptors (Lipinski definition) is 5. The van der Waals surface area contributed by atoms with Crippen LogP contribution in [0.5, 0.6) is 5.75 Å². The number of benzene rings is 1. The number of imide groups is 1. The summed E-state index contributed by atoms with van der Waals surface area (Å²) in [7, 11) is 0. The Morgan fingerprint density at radius 1 is 1.25 bits per heavy atom. The molecule has 0 spiro atoms. The van der Waals surface area contributed by atoms with E-state index in [-0.39, 0.29) is 24.2 Å². The number of nitrogens with two attached hydrogens (primary N) is 1. The molecular weight excluding hydrogens is 441 g/mol. The molecule has 1 saturated heterocycles. The van der Waals surface area contributed by atoms with E-state index >= 15 is 0 Å². The molecule has 0 aromatic heterocycles. The van der Waals surface area contributed by atoms with Gasteiger partial charge in [0.25, 0.3) is 0 Å². The van der Waals surface area contributed by atoms with Crippen molar-refractivity contribution >= 4 is 24.0 Å². The van der Waals surface area contributed by atoms with E-state index in [1.807, 2.05) is 39.0 Å². The molecule has 4 atom stereocenters. The number of rotatable bonds is 4. The number of piperidine rings is 1. The van der Waals surface area contributed by atoms with Gasteiger partial charge in [-0.15, -0.1) is 0 Å². The van der Waals surface area contributed by atoms with Gasteiger partial charge >= 0.3 is 6.18 Å². The van der Waals surface area contributed by atoms with Gasteiger partial charge in [-0.1, -0.05) is 26.8 Å². The number of likely N-dealkylation sites (tertiary alicyclic amines) is 1. The molecule has 2 fully saturated rings. The Kier molecular flexibility index (Phi) is 7.49. The molecule has 2 amide bonds. The van der Waals surface area contributed by atoms with Crippen LogP contribution in [0.15, 0.2) is 18.2 Å². The van der Waals surface area contributed by atoms with Gasteiger partial charge in [-0.3, -0.25) is 14.5 Å². The Balaban J connectivity index is 0.00000141. The zero-order chi connectivity index (χ0) is 23.7. The van der Waals surface area contributed by atoms with Crippen molar-refractivity contribution in [3.63, 3.8) is 0 Å². The van der Waals surface area contributed by atoms with Gasteiger partial charge in [0.05, 0.1) is 11.8 Å². The quantitative estimate of drug-likeness (QED) is 0.362. The van der Waals surface area contributed by atoms with E-state index in [0.717, 1.165) is 36.4 Å². The second-order valence-electron chi connectivity index (χ2n) is 8.83. The van der Waals surface area contributed by atoms with Gasteiger partial charge in [-0.25, -0.2) is 5.14 Å². The van der Waals surface area contributed by atoms with Crippen LogP contribution >= 0.6 is 12.2 Å². The lowest BCUT2D eigenvalue weighted by Gasteiger charge is -2.54. The van der Waals surface area contributed by atoms with Crippen molar-refractivity contribution in [1.82, 2.24) is 4.90 Å². The van der Waals surface area contributed by atoms with E-state index in [2.05, 4.69) is 0 Å². The van der Waals surface area contributed by atoms with E-state index in [9.17, 15) is 22.8 Å². The summed E-state index contributed by atoms with van der Waals surface area (Å²) >= 11 is 0.799. The molecule has 1 saturated carbocycles. The number of carbonyl (C=O) groups excluding carboxylic acids is 2. The SMILES string of the molecule is CC.CC12CCC3c4ccc(OSN)cc4CCC3C1CC(=O)N(CCC(F)(F)F)C2=O. The van der Waals surface area contributed by atoms with E-state index < -0.39 is 36.4 Å². The largest absolute Gasteiger partial charge is 0.410 e. The summed E-state index contributed by atoms with van der Waals surface area (Å²) in [6.45, 7) is 5.26. The predicted molar refractivity (Wildman–Crippen MR) is 118 cm³/mol. The van der Waals surface area contributed by atoms with E-state index in [1.165, 1.54) is 11.1 Å². The highest BCUT2D eigenvalue weighted by Gasteiger charge is 2.57. The molecule has 2 aliphatic carbocycles. The second kappa shape index (κ2) is 9.63. The molecule has 178 valence electrons. The third-order valence-electron chi connectivity index (χ3n) is 7.28. The van der Waals surface area contributed by atoms with Crippen LogP contribution in [0.2, 0.25) is 0 Å². The first-order valence-electron chi connectivity index (χ1n) is 11.2. The molecule has 4 rings (SSSR count). The van der Waals surface area contributed by atoms with Crippen molar-refractivity contribution < 1.29 is 26.9 Å². The Hall–Kier alpha value is -1.74. The minimum Gasteiger partial charge on any atom is -0.410 e. The first kappa shape index (κ1) is 24.9. The van der Waals surface area contributed by atoms with Gasteiger partial charge in [-0.05, 0) is 66.7 Å². The molecule has 9 heteroatoms. The highest BCUT2D eigenvalue weighted by molar-refractivity contribution is 7.92. The monoisotopic (exact) mass is 472 g/mol. The number of fused-ring (bicyclic) bond motifs is 5. The number of alkyl halides is 3. The van der Waals surface area contributed by atoms with E-state index in [0.29, 0.717) is 12.2 Å². The first-order valence-corrected chi connectivity index (χ1v) is 12.0. The molecule has 5 nitrogen and oxygen atoms in total. The van der Waals surface area contributed by atoms with E-state index in [4.69, 9.17) is 9.32 Å². The standard InChI is InChI=1S/C21H25F3N2O3S.C2H6/c1-20-7-6-15-14-5-3-13(29-30-25)10-12(14)2-4-16(15)17(20)11-18(27)26(19(20)28)9-8-21(22,23)24;1-2/h3,5,10,15-17H,2,4,6-9,11,25H2,1H3;1-2H3. The molecule has 1 aromatic carbocycles. The van der Waals surface area contributed by atoms with Crippen molar-refractivity contribution in [3.05, 3.63) is 29.3 Å². The number of halogens is 3. The van der Waals surface area contributed by atoms with E-state index in [1.54, 1.807) is 0 Å². The first-order chi connectivity index (χ1) is 15.1. The predicted octanol–water partition coefficient (Wildman–Crippen LogP) is 5.39. The summed E-state index contributed by atoms with van der Waals surface area (Å²) < 4.78 is 43.3. The van der Waals surface area contributed by atoms with Crippen molar-refractivity contribution in [3.8, 4) is 5.75 Å². The lowest BCUT2D eigenvalue weighted by molar-refractivity contribution is -0.172. The van der Waals surface area contributed by atoms with Gasteiger partial charge in [0, 0.05) is 13.0 Å². The van der Waals surface area contributed by atoms with Gasteiger partial charge in [-0.2, -0.15) is 13.2 Å². The Morgan fingerprint density at radius 3 is 2.62 bits per heavy atom. The van der Waals surface area contributed by atoms with Crippen molar-refractivity contribution in [2.45, 2.75) is 71.4 Å². The lowest BCUT2D eigenvalue weighted by Crippen LogP contribution is -2.59. The normalized spacial score (nSPS) is 29.3. The fraction of sp³-hybridized carbons (Fsp3) is 0.652. The average Bonchev–Trinajstić information content (AvgIpc) is 2.75. The number of hydrogen-bond donors (Lipinski definition) is 1. The molecule has 3 aliphatic rings. The van der Waals surface area contributed by atoms with Gasteiger partial charge in [0.1, 0.15) is 18.0 Å². The van der Waals surface area contributed by atoms with Crippen molar-refractivity contribution in [1.29, 1.82) is 0 Å². The van der Waals surface area contributed by atoms with Crippen molar-refractivity contribution in [2.75, 3.05) is 6.54 Å². The lowest BCUT2D eigenvalue weighted by atomic mass is 9.52. The molecule has 0 bridgehead atoms. The van der Waals surface area contributed by atoms with Crippen molar-refractivity contribution in [2.24, 2.45) is 22.4 Å². The fourth-order valence-electron chi connectivity index (χ4n) is 5.81. The number of aryl methyl sites for hydroxylation is 1. The number of nitrogens with zero attached hydrogens (tertiary/aromatic N) is 1. The summed E-state index contributed by atoms with van der Waals surface area (Å²) in [6.07, 6.45) is -2.39. The zero-order valence-corrected chi connectivity index (χ0v) is 19.5. The van der Waals surface area contributed by atoms with Gasteiger partial charge < -0.3 is 4.18 Å². The molecule has 32 heavy (non-hydrogen) atoms. The van der Waals surface area contributed by atoms with Crippen LogP contribution < -0.4 is 9.32 Å². The number of amides is 2. The molecule has 1 aromatic rings. The molecule has 1 aliphatic heterocycles. The molecule has 1 heterocycles. The molecule has 4 unspecified atom stereocenters. The Labute approximate surface area is 191 Å². The van der Waals surface area contributed by atoms with Crippen LogP contribution in [0.3, 0.4) is 0 Å². The maximum absolute atomic E-state index is 13.2. The van der Waals surface area contributed by atoms with Crippen LogP contribution in [0.4, 0.5) is 13.2 Å². The maximum Gasteiger partial charge on any atom is 0.390 e. The number of carbonyl (C=O) groups is 2. The minimum absolute atomic E-state index is 0.137. The smallest absolute Gasteiger partial charge is 0.390 e. The average molecular weight is 473 g/mol. The van der Waals surface area contributed by atoms with Crippen LogP contribution in [0, 0.1) is 17.3 Å². The Morgan fingerprint density at radius 2 is 1.97 bits per heavy atom. The highest BCUT2D eigenvalue weighted by atomic mass is 32.2. The highest BCUT2D eigenvalue weighted by Crippen LogP contribution is 2.58. The topological polar surface area (TPSA) is 72.6 Å². The fourth-order valence-corrected chi connectivity index (χ4v) is 6.03. The zero-order valence-electron chi connectivity index (χ0n) is 18.7. The van der Waals surface area contributed by atoms with Crippen LogP contribution in [0.1, 0.15) is 69.9 Å². The third-order valence-corrected chi connectivity index (χ3v) is 7.57. The summed E-state index contributed by atoms with van der Waals surface area (Å²) in [5.74, 6) is 0.0758. The van der Waals surface area contributed by atoms with Gasteiger partial charge in [0.15, 0.2) is 0 Å².